The number of piperidine rings is 1. The van der Waals surface area contributed by atoms with Crippen LogP contribution in [0.15, 0.2) is 54.7 Å². The van der Waals surface area contributed by atoms with Crippen LogP contribution in [0.25, 0.3) is 5.69 Å². The largest absolute Gasteiger partial charge is 0.494 e. The van der Waals surface area contributed by atoms with Gasteiger partial charge in [0.05, 0.1) is 12.8 Å². The second-order valence-electron chi connectivity index (χ2n) is 7.92. The van der Waals surface area contributed by atoms with Crippen molar-refractivity contribution < 1.29 is 13.9 Å². The maximum atomic E-state index is 13.9. The van der Waals surface area contributed by atoms with Crippen LogP contribution in [0, 0.1) is 12.7 Å². The van der Waals surface area contributed by atoms with Gasteiger partial charge in [0.2, 0.25) is 0 Å². The van der Waals surface area contributed by atoms with E-state index in [-0.39, 0.29) is 23.5 Å². The van der Waals surface area contributed by atoms with Gasteiger partial charge in [-0.1, -0.05) is 6.07 Å². The number of hydrogen-bond acceptors (Lipinski definition) is 4. The van der Waals surface area contributed by atoms with Crippen LogP contribution < -0.4 is 10.1 Å². The Labute approximate surface area is 181 Å². The number of hydrogen-bond donors (Lipinski definition) is 1. The second kappa shape index (κ2) is 9.31. The molecule has 3 aromatic rings. The lowest BCUT2D eigenvalue weighted by atomic mass is 10.0. The highest BCUT2D eigenvalue weighted by Crippen LogP contribution is 2.20. The summed E-state index contributed by atoms with van der Waals surface area (Å²) in [6, 6.07) is 14.7. The summed E-state index contributed by atoms with van der Waals surface area (Å²) in [6.07, 6.45) is 3.50. The molecule has 4 rings (SSSR count). The Bertz CT molecular complexity index is 1040. The van der Waals surface area contributed by atoms with Crippen LogP contribution in [0.4, 0.5) is 4.39 Å². The van der Waals surface area contributed by atoms with Crippen molar-refractivity contribution in [1.29, 1.82) is 0 Å². The van der Waals surface area contributed by atoms with E-state index in [1.54, 1.807) is 12.3 Å². The number of nitrogens with one attached hydrogen (secondary N) is 1. The van der Waals surface area contributed by atoms with Crippen molar-refractivity contribution in [3.8, 4) is 11.4 Å². The average Bonchev–Trinajstić information content (AvgIpc) is 3.21. The van der Waals surface area contributed by atoms with Crippen molar-refractivity contribution in [3.63, 3.8) is 0 Å². The Morgan fingerprint density at radius 2 is 1.90 bits per heavy atom. The molecule has 31 heavy (non-hydrogen) atoms. The molecule has 0 radical (unpaired) electrons. The molecule has 1 aliphatic rings. The van der Waals surface area contributed by atoms with Gasteiger partial charge in [-0.3, -0.25) is 9.69 Å². The minimum absolute atomic E-state index is 0.0561. The molecule has 0 spiro atoms. The smallest absolute Gasteiger partial charge is 0.251 e. The molecule has 162 valence electrons. The molecule has 2 heterocycles. The van der Waals surface area contributed by atoms with Crippen molar-refractivity contribution in [2.45, 2.75) is 32.4 Å². The quantitative estimate of drug-likeness (QED) is 0.658. The molecule has 1 saturated heterocycles. The van der Waals surface area contributed by atoms with Gasteiger partial charge in [0, 0.05) is 43.1 Å². The number of halogens is 1. The van der Waals surface area contributed by atoms with E-state index < -0.39 is 0 Å². The molecule has 1 N–H and O–H groups in total. The molecule has 1 aromatic heterocycles. The van der Waals surface area contributed by atoms with Crippen molar-refractivity contribution in [2.24, 2.45) is 0 Å². The van der Waals surface area contributed by atoms with E-state index in [4.69, 9.17) is 4.74 Å². The van der Waals surface area contributed by atoms with Gasteiger partial charge >= 0.3 is 0 Å². The van der Waals surface area contributed by atoms with Gasteiger partial charge in [-0.2, -0.15) is 5.10 Å². The predicted octanol–water partition coefficient (Wildman–Crippen LogP) is 3.72. The number of amides is 1. The topological polar surface area (TPSA) is 59.4 Å². The van der Waals surface area contributed by atoms with Gasteiger partial charge < -0.3 is 10.1 Å². The number of likely N-dealkylation sites (tertiary alicyclic amines) is 1. The minimum atomic E-state index is -0.337. The number of aromatic nitrogens is 2. The van der Waals surface area contributed by atoms with Crippen LogP contribution in [-0.4, -0.2) is 46.8 Å². The molecule has 1 amide bonds. The lowest BCUT2D eigenvalue weighted by molar-refractivity contribution is 0.0909. The Balaban J connectivity index is 1.28. The first-order valence-corrected chi connectivity index (χ1v) is 10.5. The molecule has 6 nitrogen and oxygen atoms in total. The Morgan fingerprint density at radius 3 is 2.52 bits per heavy atom. The second-order valence-corrected chi connectivity index (χ2v) is 7.92. The number of methoxy groups -OCH3 is 1. The molecule has 0 bridgehead atoms. The molecular formula is C24H27FN4O2. The molecule has 0 atom stereocenters. The SMILES string of the molecule is COc1ccc(CN2CCC(NC(=O)c3ccc(-n4nccc4C)cc3)CC2)cc1F. The van der Waals surface area contributed by atoms with Crippen LogP contribution in [-0.2, 0) is 6.54 Å². The Morgan fingerprint density at radius 1 is 1.16 bits per heavy atom. The number of rotatable bonds is 6. The fourth-order valence-corrected chi connectivity index (χ4v) is 3.96. The third kappa shape index (κ3) is 4.94. The van der Waals surface area contributed by atoms with Gasteiger partial charge in [0.15, 0.2) is 11.6 Å². The number of carbonyl (C=O) groups is 1. The highest BCUT2D eigenvalue weighted by molar-refractivity contribution is 5.94. The fourth-order valence-electron chi connectivity index (χ4n) is 3.96. The van der Waals surface area contributed by atoms with E-state index in [1.807, 2.05) is 48.0 Å². The van der Waals surface area contributed by atoms with E-state index in [0.29, 0.717) is 12.1 Å². The van der Waals surface area contributed by atoms with Crippen molar-refractivity contribution in [2.75, 3.05) is 20.2 Å². The first-order chi connectivity index (χ1) is 15.0. The maximum Gasteiger partial charge on any atom is 0.251 e. The molecule has 1 fully saturated rings. The minimum Gasteiger partial charge on any atom is -0.494 e. The normalized spacial score (nSPS) is 15.1. The van der Waals surface area contributed by atoms with Crippen molar-refractivity contribution in [3.05, 3.63) is 77.4 Å². The average molecular weight is 423 g/mol. The third-order valence-corrected chi connectivity index (χ3v) is 5.75. The predicted molar refractivity (Wildman–Crippen MR) is 117 cm³/mol. The zero-order valence-corrected chi connectivity index (χ0v) is 17.8. The Kier molecular flexibility index (Phi) is 6.32. The highest BCUT2D eigenvalue weighted by Gasteiger charge is 2.21. The van der Waals surface area contributed by atoms with E-state index in [2.05, 4.69) is 15.3 Å². The first-order valence-electron chi connectivity index (χ1n) is 10.5. The van der Waals surface area contributed by atoms with Gasteiger partial charge in [-0.05, 0) is 67.8 Å². The van der Waals surface area contributed by atoms with Crippen LogP contribution >= 0.6 is 0 Å². The van der Waals surface area contributed by atoms with Crippen molar-refractivity contribution >= 4 is 5.91 Å². The summed E-state index contributed by atoms with van der Waals surface area (Å²) in [5.74, 6) is -0.131. The van der Waals surface area contributed by atoms with Gasteiger partial charge in [-0.15, -0.1) is 0 Å². The number of benzene rings is 2. The molecular weight excluding hydrogens is 395 g/mol. The van der Waals surface area contributed by atoms with Crippen LogP contribution in [0.2, 0.25) is 0 Å². The standard InChI is InChI=1S/C24H27FN4O2/c1-17-9-12-26-29(17)21-6-4-19(5-7-21)24(30)27-20-10-13-28(14-11-20)16-18-3-8-23(31-2)22(25)15-18/h3-9,12,15,20H,10-11,13-14,16H2,1-2H3,(H,27,30). The zero-order valence-electron chi connectivity index (χ0n) is 17.8. The summed E-state index contributed by atoms with van der Waals surface area (Å²) >= 11 is 0. The lowest BCUT2D eigenvalue weighted by Crippen LogP contribution is -2.44. The number of aryl methyl sites for hydroxylation is 1. The summed E-state index contributed by atoms with van der Waals surface area (Å²) in [4.78, 5) is 14.9. The Hall–Kier alpha value is -3.19. The zero-order chi connectivity index (χ0) is 21.8. The van der Waals surface area contributed by atoms with Crippen LogP contribution in [0.1, 0.15) is 34.5 Å². The maximum absolute atomic E-state index is 13.9. The molecule has 7 heteroatoms. The number of carbonyl (C=O) groups excluding carboxylic acids is 1. The molecule has 2 aromatic carbocycles. The number of ether oxygens (including phenoxy) is 1. The van der Waals surface area contributed by atoms with E-state index in [9.17, 15) is 9.18 Å². The van der Waals surface area contributed by atoms with Crippen molar-refractivity contribution in [1.82, 2.24) is 20.0 Å². The van der Waals surface area contributed by atoms with Gasteiger partial charge in [0.25, 0.3) is 5.91 Å². The third-order valence-electron chi connectivity index (χ3n) is 5.75. The van der Waals surface area contributed by atoms with Crippen LogP contribution in [0.5, 0.6) is 5.75 Å². The van der Waals surface area contributed by atoms with E-state index in [1.165, 1.54) is 13.2 Å². The van der Waals surface area contributed by atoms with E-state index in [0.717, 1.165) is 42.9 Å². The summed E-state index contributed by atoms with van der Waals surface area (Å²) in [6.45, 7) is 4.40. The monoisotopic (exact) mass is 422 g/mol. The van der Waals surface area contributed by atoms with Crippen LogP contribution in [0.3, 0.4) is 0 Å². The van der Waals surface area contributed by atoms with E-state index >= 15 is 0 Å². The molecule has 0 unspecified atom stereocenters. The number of nitrogens with zero attached hydrogens (tertiary/aromatic N) is 3. The van der Waals surface area contributed by atoms with Gasteiger partial charge in [-0.25, -0.2) is 9.07 Å². The molecule has 0 saturated carbocycles. The summed E-state index contributed by atoms with van der Waals surface area (Å²) in [7, 11) is 1.46. The molecule has 1 aliphatic heterocycles. The fraction of sp³-hybridized carbons (Fsp3) is 0.333. The lowest BCUT2D eigenvalue weighted by Gasteiger charge is -2.32. The summed E-state index contributed by atoms with van der Waals surface area (Å²) in [5.41, 5.74) is 3.54. The highest BCUT2D eigenvalue weighted by atomic mass is 19.1. The first kappa shape index (κ1) is 21.1. The summed E-state index contributed by atoms with van der Waals surface area (Å²) in [5, 5.41) is 7.43. The van der Waals surface area contributed by atoms with Gasteiger partial charge in [0.1, 0.15) is 0 Å². The molecule has 0 aliphatic carbocycles. The summed E-state index contributed by atoms with van der Waals surface area (Å²) < 4.78 is 20.7.